The lowest BCUT2D eigenvalue weighted by atomic mass is 10.1. The molecule has 1 atom stereocenters. The lowest BCUT2D eigenvalue weighted by molar-refractivity contribution is -0.120. The van der Waals surface area contributed by atoms with Gasteiger partial charge in [-0.05, 0) is 30.8 Å². The Labute approximate surface area is 116 Å². The summed E-state index contributed by atoms with van der Waals surface area (Å²) >= 11 is 1.13. The van der Waals surface area contributed by atoms with Gasteiger partial charge in [0.15, 0.2) is 0 Å². The fourth-order valence-corrected chi connectivity index (χ4v) is 3.92. The second-order valence-corrected chi connectivity index (χ2v) is 7.31. The molecule has 1 aromatic rings. The van der Waals surface area contributed by atoms with Crippen molar-refractivity contribution in [1.29, 1.82) is 0 Å². The van der Waals surface area contributed by atoms with E-state index in [2.05, 4.69) is 15.4 Å². The second kappa shape index (κ2) is 6.47. The number of hydrogen-bond donors (Lipinski definition) is 3. The van der Waals surface area contributed by atoms with Crippen molar-refractivity contribution in [2.45, 2.75) is 23.1 Å². The Bertz CT molecular complexity index is 507. The molecule has 2 heterocycles. The van der Waals surface area contributed by atoms with Gasteiger partial charge < -0.3 is 10.6 Å². The van der Waals surface area contributed by atoms with Gasteiger partial charge in [-0.1, -0.05) is 6.07 Å². The number of sulfonamides is 1. The molecule has 1 amide bonds. The molecule has 0 bridgehead atoms. The maximum absolute atomic E-state index is 11.8. The van der Waals surface area contributed by atoms with Gasteiger partial charge >= 0.3 is 0 Å². The van der Waals surface area contributed by atoms with Crippen LogP contribution in [0.1, 0.15) is 12.8 Å². The predicted octanol–water partition coefficient (Wildman–Crippen LogP) is -0.105. The van der Waals surface area contributed by atoms with Gasteiger partial charge in [0.25, 0.3) is 10.0 Å². The maximum atomic E-state index is 11.8. The number of nitrogens with one attached hydrogen (secondary N) is 3. The number of rotatable bonds is 5. The Hall–Kier alpha value is -0.960. The van der Waals surface area contributed by atoms with Crippen LogP contribution in [0.5, 0.6) is 0 Å². The van der Waals surface area contributed by atoms with E-state index in [0.29, 0.717) is 0 Å². The van der Waals surface area contributed by atoms with Crippen molar-refractivity contribution in [3.05, 3.63) is 17.5 Å². The predicted molar refractivity (Wildman–Crippen MR) is 73.5 cm³/mol. The van der Waals surface area contributed by atoms with Crippen LogP contribution >= 0.6 is 11.3 Å². The van der Waals surface area contributed by atoms with Crippen LogP contribution in [0.15, 0.2) is 21.7 Å². The van der Waals surface area contributed by atoms with E-state index in [1.165, 1.54) is 6.07 Å². The van der Waals surface area contributed by atoms with Crippen molar-refractivity contribution in [2.75, 3.05) is 19.6 Å². The van der Waals surface area contributed by atoms with E-state index in [1.54, 1.807) is 11.4 Å². The third-order valence-electron chi connectivity index (χ3n) is 2.84. The molecule has 1 aliphatic heterocycles. The summed E-state index contributed by atoms with van der Waals surface area (Å²) in [5, 5.41) is 7.68. The molecule has 8 heteroatoms. The molecular formula is C11H17N3O3S2. The van der Waals surface area contributed by atoms with Crippen LogP contribution < -0.4 is 15.4 Å². The van der Waals surface area contributed by atoms with Gasteiger partial charge in [-0.2, -0.15) is 0 Å². The molecule has 0 aliphatic carbocycles. The van der Waals surface area contributed by atoms with Crippen molar-refractivity contribution in [1.82, 2.24) is 15.4 Å². The van der Waals surface area contributed by atoms with E-state index in [1.807, 2.05) is 0 Å². The molecule has 2 rings (SSSR count). The fourth-order valence-electron chi connectivity index (χ4n) is 1.90. The Morgan fingerprint density at radius 3 is 3.00 bits per heavy atom. The standard InChI is InChI=1S/C11H17N3O3S2/c15-10(14-9-3-1-5-12-7-9)8-13-19(16,17)11-4-2-6-18-11/h2,4,6,9,12-13H,1,3,5,7-8H2,(H,14,15). The van der Waals surface area contributed by atoms with Gasteiger partial charge in [0.2, 0.25) is 5.91 Å². The summed E-state index contributed by atoms with van der Waals surface area (Å²) in [6.07, 6.45) is 1.95. The molecular weight excluding hydrogens is 286 g/mol. The third-order valence-corrected chi connectivity index (χ3v) is 5.64. The summed E-state index contributed by atoms with van der Waals surface area (Å²) in [7, 11) is -3.56. The van der Waals surface area contributed by atoms with Gasteiger partial charge in [-0.3, -0.25) is 4.79 Å². The Kier molecular flexibility index (Phi) is 4.92. The molecule has 6 nitrogen and oxygen atoms in total. The topological polar surface area (TPSA) is 87.3 Å². The number of carbonyl (C=O) groups excluding carboxylic acids is 1. The summed E-state index contributed by atoms with van der Waals surface area (Å²) in [6.45, 7) is 1.48. The van der Waals surface area contributed by atoms with E-state index >= 15 is 0 Å². The summed E-state index contributed by atoms with van der Waals surface area (Å²) in [5.41, 5.74) is 0. The average molecular weight is 303 g/mol. The second-order valence-electron chi connectivity index (χ2n) is 4.37. The molecule has 0 aromatic carbocycles. The van der Waals surface area contributed by atoms with Crippen molar-refractivity contribution in [2.24, 2.45) is 0 Å². The largest absolute Gasteiger partial charge is 0.351 e. The Balaban J connectivity index is 1.80. The molecule has 106 valence electrons. The molecule has 0 saturated carbocycles. The first-order valence-corrected chi connectivity index (χ1v) is 8.47. The monoisotopic (exact) mass is 303 g/mol. The minimum Gasteiger partial charge on any atom is -0.351 e. The minimum absolute atomic E-state index is 0.0903. The zero-order valence-corrected chi connectivity index (χ0v) is 12.0. The summed E-state index contributed by atoms with van der Waals surface area (Å²) < 4.78 is 26.1. The summed E-state index contributed by atoms with van der Waals surface area (Å²) in [6, 6.07) is 3.26. The number of carbonyl (C=O) groups is 1. The van der Waals surface area contributed by atoms with Gasteiger partial charge in [-0.15, -0.1) is 11.3 Å². The highest BCUT2D eigenvalue weighted by Crippen LogP contribution is 2.14. The SMILES string of the molecule is O=C(CNS(=O)(=O)c1cccs1)NC1CCCNC1. The molecule has 1 saturated heterocycles. The Morgan fingerprint density at radius 1 is 1.53 bits per heavy atom. The van der Waals surface area contributed by atoms with Crippen molar-refractivity contribution < 1.29 is 13.2 Å². The van der Waals surface area contributed by atoms with Crippen LogP contribution in [-0.2, 0) is 14.8 Å². The molecule has 1 aromatic heterocycles. The van der Waals surface area contributed by atoms with E-state index in [4.69, 9.17) is 0 Å². The van der Waals surface area contributed by atoms with Crippen molar-refractivity contribution in [3.8, 4) is 0 Å². The zero-order chi connectivity index (χ0) is 13.7. The maximum Gasteiger partial charge on any atom is 0.250 e. The van der Waals surface area contributed by atoms with E-state index in [9.17, 15) is 13.2 Å². The lowest BCUT2D eigenvalue weighted by Crippen LogP contribution is -2.48. The molecule has 19 heavy (non-hydrogen) atoms. The average Bonchev–Trinajstić information content (AvgIpc) is 2.92. The normalized spacial score (nSPS) is 20.1. The number of amides is 1. The van der Waals surface area contributed by atoms with Crippen LogP contribution in [-0.4, -0.2) is 40.0 Å². The van der Waals surface area contributed by atoms with Crippen molar-refractivity contribution >= 4 is 27.3 Å². The molecule has 0 radical (unpaired) electrons. The van der Waals surface area contributed by atoms with Crippen LogP contribution in [0, 0.1) is 0 Å². The van der Waals surface area contributed by atoms with Crippen LogP contribution in [0.4, 0.5) is 0 Å². The number of hydrogen-bond acceptors (Lipinski definition) is 5. The van der Waals surface area contributed by atoms with Crippen LogP contribution in [0.2, 0.25) is 0 Å². The number of piperidine rings is 1. The highest BCUT2D eigenvalue weighted by atomic mass is 32.2. The minimum atomic E-state index is -3.56. The third kappa shape index (κ3) is 4.27. The molecule has 3 N–H and O–H groups in total. The first-order chi connectivity index (χ1) is 9.08. The first-order valence-electron chi connectivity index (χ1n) is 6.11. The molecule has 1 unspecified atom stereocenters. The highest BCUT2D eigenvalue weighted by Gasteiger charge is 2.19. The van der Waals surface area contributed by atoms with Gasteiger partial charge in [0.1, 0.15) is 4.21 Å². The first kappa shape index (κ1) is 14.4. The zero-order valence-electron chi connectivity index (χ0n) is 10.4. The molecule has 1 fully saturated rings. The Morgan fingerprint density at radius 2 is 2.37 bits per heavy atom. The summed E-state index contributed by atoms with van der Waals surface area (Å²) in [5.74, 6) is -0.297. The van der Waals surface area contributed by atoms with E-state index in [0.717, 1.165) is 37.3 Å². The molecule has 1 aliphatic rings. The van der Waals surface area contributed by atoms with Crippen molar-refractivity contribution in [3.63, 3.8) is 0 Å². The van der Waals surface area contributed by atoms with E-state index < -0.39 is 10.0 Å². The number of thiophene rings is 1. The highest BCUT2D eigenvalue weighted by molar-refractivity contribution is 7.91. The van der Waals surface area contributed by atoms with E-state index in [-0.39, 0.29) is 22.7 Å². The van der Waals surface area contributed by atoms with Crippen LogP contribution in [0.25, 0.3) is 0 Å². The van der Waals surface area contributed by atoms with Gasteiger partial charge in [-0.25, -0.2) is 13.1 Å². The summed E-state index contributed by atoms with van der Waals surface area (Å²) in [4.78, 5) is 11.7. The van der Waals surface area contributed by atoms with Gasteiger partial charge in [0.05, 0.1) is 6.54 Å². The van der Waals surface area contributed by atoms with Crippen LogP contribution in [0.3, 0.4) is 0 Å². The quantitative estimate of drug-likeness (QED) is 0.708. The molecule has 0 spiro atoms. The fraction of sp³-hybridized carbons (Fsp3) is 0.545. The smallest absolute Gasteiger partial charge is 0.250 e. The van der Waals surface area contributed by atoms with Gasteiger partial charge in [0, 0.05) is 12.6 Å². The lowest BCUT2D eigenvalue weighted by Gasteiger charge is -2.23.